The summed E-state index contributed by atoms with van der Waals surface area (Å²) in [7, 11) is 0. The van der Waals surface area contributed by atoms with Crippen LogP contribution in [0.4, 0.5) is 5.69 Å². The van der Waals surface area contributed by atoms with Gasteiger partial charge in [-0.2, -0.15) is 5.10 Å². The van der Waals surface area contributed by atoms with Gasteiger partial charge in [0.1, 0.15) is 12.6 Å². The summed E-state index contributed by atoms with van der Waals surface area (Å²) in [6, 6.07) is -0.0450. The average Bonchev–Trinajstić information content (AvgIpc) is 3.18. The normalized spacial score (nSPS) is 24.8. The van der Waals surface area contributed by atoms with Gasteiger partial charge < -0.3 is 20.7 Å². The molecule has 1 aliphatic carbocycles. The smallest absolute Gasteiger partial charge is 0.244 e. The number of carbonyl (C=O) groups excluding carboxylic acids is 2. The molecular formula is C14H21N5O3. The second-order valence-corrected chi connectivity index (χ2v) is 5.77. The van der Waals surface area contributed by atoms with E-state index < -0.39 is 0 Å². The molecule has 3 rings (SSSR count). The van der Waals surface area contributed by atoms with Crippen LogP contribution < -0.4 is 16.0 Å². The third-order valence-corrected chi connectivity index (χ3v) is 3.75. The van der Waals surface area contributed by atoms with Gasteiger partial charge in [-0.1, -0.05) is 0 Å². The van der Waals surface area contributed by atoms with Crippen LogP contribution in [0, 0.1) is 0 Å². The maximum absolute atomic E-state index is 12.2. The molecule has 0 spiro atoms. The van der Waals surface area contributed by atoms with E-state index in [9.17, 15) is 9.59 Å². The minimum absolute atomic E-state index is 0.0561. The van der Waals surface area contributed by atoms with Crippen LogP contribution in [-0.4, -0.2) is 52.9 Å². The van der Waals surface area contributed by atoms with E-state index in [1.54, 1.807) is 6.20 Å². The molecule has 8 heteroatoms. The monoisotopic (exact) mass is 307 g/mol. The first-order valence-corrected chi connectivity index (χ1v) is 7.59. The van der Waals surface area contributed by atoms with Crippen molar-refractivity contribution in [3.05, 3.63) is 12.4 Å². The Morgan fingerprint density at radius 3 is 3.05 bits per heavy atom. The summed E-state index contributed by atoms with van der Waals surface area (Å²) in [5.41, 5.74) is 0.573. The molecule has 8 nitrogen and oxygen atoms in total. The lowest BCUT2D eigenvalue weighted by atomic mass is 10.1. The van der Waals surface area contributed by atoms with Crippen molar-refractivity contribution >= 4 is 17.5 Å². The van der Waals surface area contributed by atoms with E-state index in [1.165, 1.54) is 10.9 Å². The van der Waals surface area contributed by atoms with Crippen molar-refractivity contribution in [3.63, 3.8) is 0 Å². The van der Waals surface area contributed by atoms with Crippen molar-refractivity contribution in [1.82, 2.24) is 20.4 Å². The number of rotatable bonds is 5. The number of morpholine rings is 1. The second kappa shape index (κ2) is 6.45. The zero-order valence-corrected chi connectivity index (χ0v) is 12.5. The van der Waals surface area contributed by atoms with Crippen LogP contribution >= 0.6 is 0 Å². The number of carbonyl (C=O) groups is 2. The van der Waals surface area contributed by atoms with E-state index in [0.717, 1.165) is 12.8 Å². The molecule has 0 bridgehead atoms. The standard InChI is InChI=1S/C14H21N5O3/c1-9-13(15-4-5-22-9)14(21)18-11-6-16-19(7-11)8-12(20)17-10-2-3-10/h6-7,9-10,13,15H,2-5,8H2,1H3,(H,17,20)(H,18,21)/t9-,13+/m1/s1. The summed E-state index contributed by atoms with van der Waals surface area (Å²) in [4.78, 5) is 23.9. The Hall–Kier alpha value is -1.93. The lowest BCUT2D eigenvalue weighted by Crippen LogP contribution is -2.53. The molecule has 1 saturated carbocycles. The molecule has 2 heterocycles. The molecular weight excluding hydrogens is 286 g/mol. The van der Waals surface area contributed by atoms with Crippen LogP contribution in [0.5, 0.6) is 0 Å². The highest BCUT2D eigenvalue weighted by Gasteiger charge is 2.28. The van der Waals surface area contributed by atoms with Gasteiger partial charge in [0.25, 0.3) is 0 Å². The molecule has 2 amide bonds. The van der Waals surface area contributed by atoms with Gasteiger partial charge >= 0.3 is 0 Å². The van der Waals surface area contributed by atoms with Crippen molar-refractivity contribution in [2.75, 3.05) is 18.5 Å². The molecule has 1 saturated heterocycles. The lowest BCUT2D eigenvalue weighted by molar-refractivity contribution is -0.124. The predicted molar refractivity (Wildman–Crippen MR) is 79.2 cm³/mol. The van der Waals surface area contributed by atoms with Gasteiger partial charge in [-0.25, -0.2) is 0 Å². The topological polar surface area (TPSA) is 97.3 Å². The van der Waals surface area contributed by atoms with E-state index >= 15 is 0 Å². The van der Waals surface area contributed by atoms with E-state index in [2.05, 4.69) is 21.0 Å². The molecule has 2 fully saturated rings. The van der Waals surface area contributed by atoms with Crippen LogP contribution in [0.2, 0.25) is 0 Å². The number of anilines is 1. The molecule has 2 aliphatic rings. The zero-order chi connectivity index (χ0) is 15.5. The van der Waals surface area contributed by atoms with Crippen LogP contribution in [0.1, 0.15) is 19.8 Å². The minimum atomic E-state index is -0.379. The molecule has 2 atom stereocenters. The molecule has 1 aromatic rings. The third-order valence-electron chi connectivity index (χ3n) is 3.75. The molecule has 1 aliphatic heterocycles. The van der Waals surface area contributed by atoms with Crippen LogP contribution in [0.3, 0.4) is 0 Å². The first-order valence-electron chi connectivity index (χ1n) is 7.59. The fraction of sp³-hybridized carbons (Fsp3) is 0.643. The molecule has 0 aromatic carbocycles. The van der Waals surface area contributed by atoms with Gasteiger partial charge in [0.05, 0.1) is 24.6 Å². The summed E-state index contributed by atoms with van der Waals surface area (Å²) < 4.78 is 6.97. The number of hydrogen-bond acceptors (Lipinski definition) is 5. The quantitative estimate of drug-likeness (QED) is 0.680. The molecule has 0 unspecified atom stereocenters. The fourth-order valence-corrected chi connectivity index (χ4v) is 2.41. The van der Waals surface area contributed by atoms with E-state index in [1.807, 2.05) is 6.92 Å². The maximum atomic E-state index is 12.2. The predicted octanol–water partition coefficient (Wildman–Crippen LogP) is -0.523. The molecule has 22 heavy (non-hydrogen) atoms. The van der Waals surface area contributed by atoms with Gasteiger partial charge in [-0.05, 0) is 19.8 Å². The average molecular weight is 307 g/mol. The van der Waals surface area contributed by atoms with Gasteiger partial charge in [-0.15, -0.1) is 0 Å². The van der Waals surface area contributed by atoms with Gasteiger partial charge in [0.2, 0.25) is 11.8 Å². The Morgan fingerprint density at radius 1 is 1.50 bits per heavy atom. The molecule has 3 N–H and O–H groups in total. The minimum Gasteiger partial charge on any atom is -0.375 e. The van der Waals surface area contributed by atoms with Crippen molar-refractivity contribution < 1.29 is 14.3 Å². The van der Waals surface area contributed by atoms with Gasteiger partial charge in [-0.3, -0.25) is 14.3 Å². The first kappa shape index (κ1) is 15.0. The van der Waals surface area contributed by atoms with Crippen LogP contribution in [0.15, 0.2) is 12.4 Å². The number of ether oxygens (including phenoxy) is 1. The molecule has 0 radical (unpaired) electrons. The SMILES string of the molecule is C[C@H]1OCCN[C@@H]1C(=O)Nc1cnn(CC(=O)NC2CC2)c1. The number of nitrogens with one attached hydrogen (secondary N) is 3. The van der Waals surface area contributed by atoms with Crippen molar-refractivity contribution in [3.8, 4) is 0 Å². The summed E-state index contributed by atoms with van der Waals surface area (Å²) in [6.45, 7) is 3.29. The van der Waals surface area contributed by atoms with E-state index in [4.69, 9.17) is 4.74 Å². The fourth-order valence-electron chi connectivity index (χ4n) is 2.41. The van der Waals surface area contributed by atoms with Crippen molar-refractivity contribution in [2.24, 2.45) is 0 Å². The van der Waals surface area contributed by atoms with E-state index in [-0.39, 0.29) is 30.5 Å². The number of nitrogens with zero attached hydrogens (tertiary/aromatic N) is 2. The Balaban J connectivity index is 1.52. The summed E-state index contributed by atoms with van der Waals surface area (Å²) in [6.07, 6.45) is 5.13. The maximum Gasteiger partial charge on any atom is 0.244 e. The summed E-state index contributed by atoms with van der Waals surface area (Å²) in [5, 5.41) is 12.9. The highest BCUT2D eigenvalue weighted by Crippen LogP contribution is 2.18. The highest BCUT2D eigenvalue weighted by molar-refractivity contribution is 5.95. The summed E-state index contributed by atoms with van der Waals surface area (Å²) >= 11 is 0. The number of aromatic nitrogens is 2. The Labute approximate surface area is 128 Å². The molecule has 120 valence electrons. The Bertz CT molecular complexity index is 554. The van der Waals surface area contributed by atoms with Gasteiger partial charge in [0.15, 0.2) is 0 Å². The van der Waals surface area contributed by atoms with Crippen LogP contribution in [0.25, 0.3) is 0 Å². The second-order valence-electron chi connectivity index (χ2n) is 5.77. The van der Waals surface area contributed by atoms with Crippen molar-refractivity contribution in [2.45, 2.75) is 44.5 Å². The highest BCUT2D eigenvalue weighted by atomic mass is 16.5. The number of hydrogen-bond donors (Lipinski definition) is 3. The van der Waals surface area contributed by atoms with Crippen molar-refractivity contribution in [1.29, 1.82) is 0 Å². The largest absolute Gasteiger partial charge is 0.375 e. The van der Waals surface area contributed by atoms with E-state index in [0.29, 0.717) is 24.9 Å². The first-order chi connectivity index (χ1) is 10.6. The Morgan fingerprint density at radius 2 is 2.32 bits per heavy atom. The van der Waals surface area contributed by atoms with Crippen LogP contribution in [-0.2, 0) is 20.9 Å². The molecule has 1 aromatic heterocycles. The zero-order valence-electron chi connectivity index (χ0n) is 12.5. The van der Waals surface area contributed by atoms with Gasteiger partial charge in [0, 0.05) is 18.8 Å². The Kier molecular flexibility index (Phi) is 4.39. The number of amides is 2. The summed E-state index contributed by atoms with van der Waals surface area (Å²) in [5.74, 6) is -0.214. The lowest BCUT2D eigenvalue weighted by Gasteiger charge is -2.29. The third kappa shape index (κ3) is 3.83.